The van der Waals surface area contributed by atoms with E-state index in [1.54, 1.807) is 0 Å². The molecule has 0 aromatic heterocycles. The van der Waals surface area contributed by atoms with Crippen LogP contribution < -0.4 is 5.30 Å². The molecule has 1 N–H and O–H groups in total. The molecule has 54 heteroatoms. The number of hydrogen-bond donors (Lipinski definition) is 1. The molecular formula is C77H44AlF50O2P. The summed E-state index contributed by atoms with van der Waals surface area (Å²) in [5.41, 5.74) is -32.5. The molecule has 0 aliphatic rings. The summed E-state index contributed by atoms with van der Waals surface area (Å²) in [5.74, 6) is -107. The van der Waals surface area contributed by atoms with Crippen LogP contribution >= 0.6 is 7.92 Å². The van der Waals surface area contributed by atoms with Gasteiger partial charge >= 0.3 is 64.6 Å². The Balaban J connectivity index is 0.000000354. The SMILES string of the molecule is CCCCCCC(F)(F)C(F)(F)C(F)(F)P(c1cc(F)c(F)c(C(F)(F)F)c1F)C(F)(F)C(F)(F)C(F)(F)CCCCCC.Cc1cc(-c2c(F)c(F)c(F)c(F)c2F)c(F)c(F)c1F.Cc1cc(-c2c(F)c(F)c(F)c(F)c2F)c(F)c(F)c1F.Cc1cc(-c2c(F)c(F)c(F)c(F)c2F)c(F)c(F)c1F.Cc1cc(-c2c(F)c(F)c(F)c(F)c2F)c(F)c(F)c1F.[O]=[Al][OH]. The molecule has 131 heavy (non-hydrogen) atoms. The van der Waals surface area contributed by atoms with Gasteiger partial charge in [0, 0.05) is 40.4 Å². The second kappa shape index (κ2) is 43.4. The topological polar surface area (TPSA) is 37.3 Å². The summed E-state index contributed by atoms with van der Waals surface area (Å²) in [4.78, 5) is 0. The molecule has 0 spiro atoms. The molecule has 9 aromatic rings. The number of hydrogen-bond acceptors (Lipinski definition) is 1. The van der Waals surface area contributed by atoms with E-state index in [0.717, 1.165) is 27.7 Å². The zero-order chi connectivity index (χ0) is 102. The van der Waals surface area contributed by atoms with Crippen molar-refractivity contribution < 1.29 is 227 Å². The minimum absolute atomic E-state index is 0.0582. The molecule has 2 nitrogen and oxygen atoms in total. The Bertz CT molecular complexity index is 5090. The zero-order valence-electron chi connectivity index (χ0n) is 64.7. The fourth-order valence-electron chi connectivity index (χ4n) is 11.1. The second-order valence-corrected chi connectivity index (χ2v) is 29.1. The number of halogens is 50. The van der Waals surface area contributed by atoms with Crippen molar-refractivity contribution in [2.24, 2.45) is 0 Å². The molecule has 9 aromatic carbocycles. The quantitative estimate of drug-likeness (QED) is 0.0194. The van der Waals surface area contributed by atoms with Crippen molar-refractivity contribution in [3.8, 4) is 44.5 Å². The molecule has 0 amide bonds. The van der Waals surface area contributed by atoms with Crippen molar-refractivity contribution in [2.75, 3.05) is 0 Å². The summed E-state index contributed by atoms with van der Waals surface area (Å²) >= 11 is -1.50. The van der Waals surface area contributed by atoms with Crippen molar-refractivity contribution in [2.45, 2.75) is 147 Å². The molecule has 0 heterocycles. The minimum atomic E-state index is -7.43. The summed E-state index contributed by atoms with van der Waals surface area (Å²) in [6.45, 7) is 6.73. The van der Waals surface area contributed by atoms with Gasteiger partial charge < -0.3 is 0 Å². The van der Waals surface area contributed by atoms with E-state index in [4.69, 9.17) is 7.96 Å². The Labute approximate surface area is 707 Å². The van der Waals surface area contributed by atoms with E-state index in [1.165, 1.54) is 13.8 Å². The summed E-state index contributed by atoms with van der Waals surface area (Å²) < 4.78 is 700. The van der Waals surface area contributed by atoms with Gasteiger partial charge in [0.25, 0.3) is 0 Å². The fourth-order valence-corrected chi connectivity index (χ4v) is 13.5. The van der Waals surface area contributed by atoms with Crippen LogP contribution in [0.1, 0.15) is 106 Å². The van der Waals surface area contributed by atoms with Gasteiger partial charge in [-0.2, -0.15) is 65.9 Å². The van der Waals surface area contributed by atoms with E-state index in [9.17, 15) is 202 Å². The van der Waals surface area contributed by atoms with Crippen LogP contribution in [-0.4, -0.2) is 54.7 Å². The molecule has 0 fully saturated rings. The summed E-state index contributed by atoms with van der Waals surface area (Å²) in [5, 5.41) is -3.45. The van der Waals surface area contributed by atoms with Gasteiger partial charge in [-0.05, 0) is 93.1 Å². The van der Waals surface area contributed by atoms with E-state index in [0.29, 0.717) is 24.3 Å². The number of benzene rings is 9. The molecule has 0 atom stereocenters. The van der Waals surface area contributed by atoms with Gasteiger partial charge in [-0.3, -0.25) is 0 Å². The Morgan fingerprint density at radius 2 is 0.435 bits per heavy atom. The number of unbranched alkanes of at least 4 members (excludes halogenated alkanes) is 6. The predicted octanol–water partition coefficient (Wildman–Crippen LogP) is 29.9. The van der Waals surface area contributed by atoms with Crippen molar-refractivity contribution in [3.63, 3.8) is 0 Å². The number of aryl methyl sites for hydroxylation is 4. The van der Waals surface area contributed by atoms with Gasteiger partial charge in [0.05, 0.1) is 30.2 Å². The molecule has 0 bridgehead atoms. The van der Waals surface area contributed by atoms with Crippen molar-refractivity contribution in [1.82, 2.24) is 0 Å². The molecule has 0 saturated heterocycles. The van der Waals surface area contributed by atoms with Crippen LogP contribution in [0.15, 0.2) is 30.3 Å². The van der Waals surface area contributed by atoms with E-state index in [-0.39, 0.29) is 38.5 Å². The van der Waals surface area contributed by atoms with Crippen LogP contribution in [0.2, 0.25) is 0 Å². The first-order valence-electron chi connectivity index (χ1n) is 34.9. The van der Waals surface area contributed by atoms with Gasteiger partial charge in [-0.1, -0.05) is 52.4 Å². The molecule has 0 aliphatic heterocycles. The molecule has 0 aliphatic carbocycles. The maximum atomic E-state index is 15.3. The predicted molar refractivity (Wildman–Crippen MR) is 359 cm³/mol. The van der Waals surface area contributed by atoms with Gasteiger partial charge in [0.1, 0.15) is 11.4 Å². The van der Waals surface area contributed by atoms with Gasteiger partial charge in [0.2, 0.25) is 23.3 Å². The Kier molecular flexibility index (Phi) is 37.5. The zero-order valence-corrected chi connectivity index (χ0v) is 66.8. The summed E-state index contributed by atoms with van der Waals surface area (Å²) in [6, 6.07) is 0.425. The van der Waals surface area contributed by atoms with E-state index < -0.39 is 378 Å². The third-order valence-electron chi connectivity index (χ3n) is 17.8. The first-order chi connectivity index (χ1) is 59.8. The monoisotopic (exact) mass is 2010 g/mol. The Morgan fingerprint density at radius 1 is 0.252 bits per heavy atom. The van der Waals surface area contributed by atoms with Gasteiger partial charge in [0.15, 0.2) is 175 Å². The normalized spacial score (nSPS) is 12.1. The Morgan fingerprint density at radius 3 is 0.618 bits per heavy atom. The van der Waals surface area contributed by atoms with Gasteiger partial charge in [-0.15, -0.1) is 0 Å². The molecule has 722 valence electrons. The fraction of sp³-hybridized carbons (Fsp3) is 0.299. The molecule has 0 radical (unpaired) electrons. The number of alkyl halides is 15. The molecule has 0 saturated carbocycles. The second-order valence-electron chi connectivity index (χ2n) is 26.6. The summed E-state index contributed by atoms with van der Waals surface area (Å²) in [7, 11) is -7.01. The van der Waals surface area contributed by atoms with Crippen molar-refractivity contribution >= 4 is 28.7 Å². The van der Waals surface area contributed by atoms with Crippen LogP contribution in [0.25, 0.3) is 44.5 Å². The van der Waals surface area contributed by atoms with Crippen molar-refractivity contribution in [1.29, 1.82) is 0 Å². The first-order valence-corrected chi connectivity index (χ1v) is 37.2. The standard InChI is InChI=1S/C25H27F18P.4C13H4F8.Al.H2O.O/c1-3-5-7-9-11-19(29,30)22(36,37)24(40,41)44(15-13-14(26)17(27)16(18(15)28)21(33,34)35)25(42,43)23(38,39)20(31,32)12-10-8-6-4-2;4*1-3-2-4(7(15)10(18)6(3)14)5-8(16)11(19)13(21)12(20)9(5)17;;;/h13H,3-12H2,1-2H3;4*2H,1H3;;1H2;/q;;;;;+1;;/p-1. The van der Waals surface area contributed by atoms with E-state index in [1.807, 2.05) is 0 Å². The summed E-state index contributed by atoms with van der Waals surface area (Å²) in [6.07, 6.45) is -13.1. The third kappa shape index (κ3) is 22.3. The number of rotatable bonds is 21. The van der Waals surface area contributed by atoms with Crippen LogP contribution in [0.4, 0.5) is 220 Å². The van der Waals surface area contributed by atoms with E-state index >= 15 is 17.6 Å². The third-order valence-corrected chi connectivity index (χ3v) is 20.3. The van der Waals surface area contributed by atoms with Crippen molar-refractivity contribution in [3.05, 3.63) is 262 Å². The molecule has 0 unspecified atom stereocenters. The maximum absolute atomic E-state index is 15.3. The van der Waals surface area contributed by atoms with Crippen LogP contribution in [0, 0.1) is 231 Å². The van der Waals surface area contributed by atoms with Crippen LogP contribution in [-0.2, 0) is 9.98 Å². The van der Waals surface area contributed by atoms with E-state index in [2.05, 4.69) is 0 Å². The van der Waals surface area contributed by atoms with Gasteiger partial charge in [-0.25, -0.2) is 154 Å². The Hall–Kier alpha value is -9.96. The van der Waals surface area contributed by atoms with Crippen LogP contribution in [0.3, 0.4) is 0 Å². The average molecular weight is 2010 g/mol. The molecule has 9 rings (SSSR count). The molecular weight excluding hydrogens is 1960 g/mol. The first kappa shape index (κ1) is 113. The van der Waals surface area contributed by atoms with Crippen LogP contribution in [0.5, 0.6) is 0 Å². The average Bonchev–Trinajstić information content (AvgIpc) is 0.700.